The van der Waals surface area contributed by atoms with Crippen LogP contribution in [0.25, 0.3) is 6.08 Å². The van der Waals surface area contributed by atoms with Crippen molar-refractivity contribution >= 4 is 11.9 Å². The van der Waals surface area contributed by atoms with Crippen molar-refractivity contribution in [3.8, 4) is 34.5 Å². The normalized spacial score (nSPS) is 12.1. The van der Waals surface area contributed by atoms with Crippen LogP contribution < -0.4 is 28.4 Å². The average molecular weight is 372 g/mol. The van der Waals surface area contributed by atoms with Gasteiger partial charge < -0.3 is 28.4 Å². The fourth-order valence-electron chi connectivity index (χ4n) is 2.80. The number of benzene rings is 2. The quantitative estimate of drug-likeness (QED) is 0.545. The third kappa shape index (κ3) is 3.48. The van der Waals surface area contributed by atoms with E-state index in [0.29, 0.717) is 45.6 Å². The van der Waals surface area contributed by atoms with Gasteiger partial charge in [0.05, 0.1) is 34.0 Å². The lowest BCUT2D eigenvalue weighted by Gasteiger charge is -2.13. The molecule has 142 valence electrons. The van der Waals surface area contributed by atoms with Crippen molar-refractivity contribution in [3.05, 3.63) is 41.5 Å². The maximum absolute atomic E-state index is 12.7. The number of hydrogen-bond acceptors (Lipinski definition) is 7. The Morgan fingerprint density at radius 3 is 2.41 bits per heavy atom. The third-order valence-electron chi connectivity index (χ3n) is 4.10. The van der Waals surface area contributed by atoms with Crippen LogP contribution in [-0.4, -0.2) is 41.0 Å². The Kier molecular flexibility index (Phi) is 5.40. The second-order valence-corrected chi connectivity index (χ2v) is 5.53. The molecule has 0 spiro atoms. The average Bonchev–Trinajstić information content (AvgIpc) is 3.18. The minimum Gasteiger partial charge on any atom is -0.497 e. The molecular weight excluding hydrogens is 352 g/mol. The molecule has 7 heteroatoms. The highest BCUT2D eigenvalue weighted by atomic mass is 16.7. The summed E-state index contributed by atoms with van der Waals surface area (Å²) in [7, 11) is 6.08. The first-order valence-electron chi connectivity index (χ1n) is 8.12. The van der Waals surface area contributed by atoms with Gasteiger partial charge in [-0.3, -0.25) is 4.79 Å². The molecule has 7 nitrogen and oxygen atoms in total. The minimum absolute atomic E-state index is 0.0992. The number of carbonyl (C=O) groups is 1. The Balaban J connectivity index is 1.98. The zero-order valence-corrected chi connectivity index (χ0v) is 15.5. The molecule has 0 saturated heterocycles. The van der Waals surface area contributed by atoms with Gasteiger partial charge >= 0.3 is 0 Å². The van der Waals surface area contributed by atoms with Crippen LogP contribution in [0, 0.1) is 0 Å². The summed E-state index contributed by atoms with van der Waals surface area (Å²) in [6.07, 6.45) is 3.06. The molecule has 2 aromatic carbocycles. The van der Waals surface area contributed by atoms with Gasteiger partial charge in [0.1, 0.15) is 11.5 Å². The largest absolute Gasteiger partial charge is 0.497 e. The van der Waals surface area contributed by atoms with Crippen LogP contribution >= 0.6 is 0 Å². The SMILES string of the molecule is COc1ccc(OC)c(C(=O)C=Cc2cc3c(c(OC)c2OC)OCO3)c1. The topological polar surface area (TPSA) is 72.5 Å². The number of ether oxygens (including phenoxy) is 6. The Labute approximate surface area is 157 Å². The lowest BCUT2D eigenvalue weighted by atomic mass is 10.1. The molecule has 3 rings (SSSR count). The Morgan fingerprint density at radius 2 is 1.74 bits per heavy atom. The van der Waals surface area contributed by atoms with Gasteiger partial charge in [-0.25, -0.2) is 0 Å². The lowest BCUT2D eigenvalue weighted by Crippen LogP contribution is -2.00. The number of ketones is 1. The zero-order valence-electron chi connectivity index (χ0n) is 15.5. The minimum atomic E-state index is -0.246. The molecule has 2 aromatic rings. The van der Waals surface area contributed by atoms with E-state index in [1.165, 1.54) is 34.5 Å². The summed E-state index contributed by atoms with van der Waals surface area (Å²) >= 11 is 0. The van der Waals surface area contributed by atoms with E-state index in [-0.39, 0.29) is 12.6 Å². The number of rotatable bonds is 7. The molecule has 0 bridgehead atoms. The second-order valence-electron chi connectivity index (χ2n) is 5.53. The number of carbonyl (C=O) groups excluding carboxylic acids is 1. The third-order valence-corrected chi connectivity index (χ3v) is 4.10. The van der Waals surface area contributed by atoms with Crippen LogP contribution in [0.1, 0.15) is 15.9 Å². The maximum Gasteiger partial charge on any atom is 0.231 e. The molecule has 27 heavy (non-hydrogen) atoms. The molecular formula is C20H20O7. The first-order chi connectivity index (χ1) is 13.1. The van der Waals surface area contributed by atoms with Crippen LogP contribution in [0.3, 0.4) is 0 Å². The summed E-state index contributed by atoms with van der Waals surface area (Å²) in [5.74, 6) is 2.65. The summed E-state index contributed by atoms with van der Waals surface area (Å²) < 4.78 is 32.1. The van der Waals surface area contributed by atoms with Crippen molar-refractivity contribution in [2.75, 3.05) is 35.2 Å². The van der Waals surface area contributed by atoms with Gasteiger partial charge in [-0.2, -0.15) is 0 Å². The molecule has 0 radical (unpaired) electrons. The van der Waals surface area contributed by atoms with Crippen molar-refractivity contribution < 1.29 is 33.2 Å². The van der Waals surface area contributed by atoms with Gasteiger partial charge in [0.25, 0.3) is 0 Å². The van der Waals surface area contributed by atoms with E-state index in [9.17, 15) is 4.79 Å². The number of fused-ring (bicyclic) bond motifs is 1. The van der Waals surface area contributed by atoms with Gasteiger partial charge in [0.15, 0.2) is 17.3 Å². The summed E-state index contributed by atoms with van der Waals surface area (Å²) in [6, 6.07) is 6.77. The Bertz CT molecular complexity index is 886. The molecule has 0 saturated carbocycles. The number of methoxy groups -OCH3 is 4. The van der Waals surface area contributed by atoms with Crippen LogP contribution in [0.15, 0.2) is 30.3 Å². The zero-order chi connectivity index (χ0) is 19.4. The monoisotopic (exact) mass is 372 g/mol. The fraction of sp³-hybridized carbons (Fsp3) is 0.250. The van der Waals surface area contributed by atoms with E-state index in [1.807, 2.05) is 0 Å². The molecule has 0 unspecified atom stereocenters. The molecule has 1 heterocycles. The molecule has 1 aliphatic heterocycles. The van der Waals surface area contributed by atoms with Crippen molar-refractivity contribution in [3.63, 3.8) is 0 Å². The first kappa shape index (κ1) is 18.4. The van der Waals surface area contributed by atoms with Crippen molar-refractivity contribution in [1.82, 2.24) is 0 Å². The molecule has 0 fully saturated rings. The molecule has 1 aliphatic rings. The Hall–Kier alpha value is -3.35. The number of allylic oxidation sites excluding steroid dienone is 1. The molecule has 0 aliphatic carbocycles. The van der Waals surface area contributed by atoms with Crippen LogP contribution in [0.2, 0.25) is 0 Å². The van der Waals surface area contributed by atoms with Crippen molar-refractivity contribution in [2.45, 2.75) is 0 Å². The summed E-state index contributed by atoms with van der Waals surface area (Å²) in [5.41, 5.74) is 1.01. The summed E-state index contributed by atoms with van der Waals surface area (Å²) in [5, 5.41) is 0. The molecule has 0 amide bonds. The Morgan fingerprint density at radius 1 is 0.963 bits per heavy atom. The summed E-state index contributed by atoms with van der Waals surface area (Å²) in [4.78, 5) is 12.7. The molecule has 0 atom stereocenters. The molecule has 0 N–H and O–H groups in total. The number of hydrogen-bond donors (Lipinski definition) is 0. The lowest BCUT2D eigenvalue weighted by molar-refractivity contribution is 0.104. The first-order valence-corrected chi connectivity index (χ1v) is 8.12. The fourth-order valence-corrected chi connectivity index (χ4v) is 2.80. The predicted octanol–water partition coefficient (Wildman–Crippen LogP) is 3.35. The second kappa shape index (κ2) is 7.90. The van der Waals surface area contributed by atoms with Gasteiger partial charge in [0.2, 0.25) is 18.3 Å². The maximum atomic E-state index is 12.7. The smallest absolute Gasteiger partial charge is 0.231 e. The highest BCUT2D eigenvalue weighted by Gasteiger charge is 2.25. The van der Waals surface area contributed by atoms with Crippen LogP contribution in [-0.2, 0) is 0 Å². The standard InChI is InChI=1S/C20H20O7/c1-22-13-6-8-16(23-2)14(10-13)15(21)7-5-12-9-17-19(27-11-26-17)20(25-4)18(12)24-3/h5-10H,11H2,1-4H3. The van der Waals surface area contributed by atoms with Crippen LogP contribution in [0.5, 0.6) is 34.5 Å². The predicted molar refractivity (Wildman–Crippen MR) is 98.6 cm³/mol. The van der Waals surface area contributed by atoms with Crippen molar-refractivity contribution in [1.29, 1.82) is 0 Å². The van der Waals surface area contributed by atoms with E-state index in [2.05, 4.69) is 0 Å². The van der Waals surface area contributed by atoms with E-state index in [1.54, 1.807) is 30.3 Å². The van der Waals surface area contributed by atoms with E-state index in [0.717, 1.165) is 0 Å². The van der Waals surface area contributed by atoms with Gasteiger partial charge in [-0.05, 0) is 36.4 Å². The highest BCUT2D eigenvalue weighted by molar-refractivity contribution is 6.09. The highest BCUT2D eigenvalue weighted by Crippen LogP contribution is 2.49. The van der Waals surface area contributed by atoms with Gasteiger partial charge in [0, 0.05) is 5.56 Å². The van der Waals surface area contributed by atoms with Crippen LogP contribution in [0.4, 0.5) is 0 Å². The summed E-state index contributed by atoms with van der Waals surface area (Å²) in [6.45, 7) is 0.0992. The van der Waals surface area contributed by atoms with E-state index < -0.39 is 0 Å². The molecule has 0 aromatic heterocycles. The van der Waals surface area contributed by atoms with Crippen molar-refractivity contribution in [2.24, 2.45) is 0 Å². The van der Waals surface area contributed by atoms with Gasteiger partial charge in [-0.15, -0.1) is 0 Å². The van der Waals surface area contributed by atoms with Gasteiger partial charge in [-0.1, -0.05) is 0 Å². The van der Waals surface area contributed by atoms with E-state index in [4.69, 9.17) is 28.4 Å². The van der Waals surface area contributed by atoms with E-state index >= 15 is 0 Å².